The number of hydrogen-bond acceptors (Lipinski definition) is 5. The van der Waals surface area contributed by atoms with Crippen LogP contribution in [0.25, 0.3) is 0 Å². The summed E-state index contributed by atoms with van der Waals surface area (Å²) in [5.41, 5.74) is 2.58. The molecule has 0 radical (unpaired) electrons. The second kappa shape index (κ2) is 7.91. The highest BCUT2D eigenvalue weighted by Crippen LogP contribution is 2.64. The summed E-state index contributed by atoms with van der Waals surface area (Å²) < 4.78 is 4.87. The quantitative estimate of drug-likeness (QED) is 0.534. The molecular weight excluding hydrogens is 356 g/mol. The predicted molar refractivity (Wildman–Crippen MR) is 106 cm³/mol. The van der Waals surface area contributed by atoms with Gasteiger partial charge < -0.3 is 14.9 Å². The van der Waals surface area contributed by atoms with E-state index in [0.717, 1.165) is 38.5 Å². The van der Waals surface area contributed by atoms with Gasteiger partial charge in [0.25, 0.3) is 0 Å². The lowest BCUT2D eigenvalue weighted by Gasteiger charge is -2.53. The van der Waals surface area contributed by atoms with Gasteiger partial charge in [-0.15, -0.1) is 0 Å². The first-order valence-corrected chi connectivity index (χ1v) is 10.8. The van der Waals surface area contributed by atoms with Gasteiger partial charge in [-0.25, -0.2) is 0 Å². The van der Waals surface area contributed by atoms with E-state index in [9.17, 15) is 19.8 Å². The van der Waals surface area contributed by atoms with Crippen molar-refractivity contribution in [3.8, 4) is 0 Å². The molecule has 0 spiro atoms. The van der Waals surface area contributed by atoms with Crippen LogP contribution in [0, 0.1) is 28.6 Å². The van der Waals surface area contributed by atoms with Crippen LogP contribution in [0.2, 0.25) is 0 Å². The predicted octanol–water partition coefficient (Wildman–Crippen LogP) is 3.42. The number of rotatable bonds is 6. The first-order valence-electron chi connectivity index (χ1n) is 10.8. The highest BCUT2D eigenvalue weighted by Gasteiger charge is 2.56. The van der Waals surface area contributed by atoms with E-state index in [1.807, 2.05) is 0 Å². The zero-order valence-corrected chi connectivity index (χ0v) is 17.8. The van der Waals surface area contributed by atoms with Gasteiger partial charge in [0.1, 0.15) is 5.78 Å². The maximum Gasteiger partial charge on any atom is 0.305 e. The zero-order valence-electron chi connectivity index (χ0n) is 17.8. The first kappa shape index (κ1) is 21.5. The van der Waals surface area contributed by atoms with Crippen molar-refractivity contribution in [3.63, 3.8) is 0 Å². The summed E-state index contributed by atoms with van der Waals surface area (Å²) in [7, 11) is 1.41. The lowest BCUT2D eigenvalue weighted by Crippen LogP contribution is -2.47. The Balaban J connectivity index is 1.99. The Morgan fingerprint density at radius 3 is 2.54 bits per heavy atom. The van der Waals surface area contributed by atoms with E-state index in [0.29, 0.717) is 24.5 Å². The third-order valence-electron chi connectivity index (χ3n) is 8.51. The van der Waals surface area contributed by atoms with Crippen molar-refractivity contribution in [2.45, 2.75) is 78.2 Å². The Hall–Kier alpha value is -1.20. The maximum atomic E-state index is 12.3. The highest BCUT2D eigenvalue weighted by atomic mass is 16.5. The summed E-state index contributed by atoms with van der Waals surface area (Å²) in [6.45, 7) is 5.93. The van der Waals surface area contributed by atoms with Gasteiger partial charge in [-0.05, 0) is 74.5 Å². The second-order valence-electron chi connectivity index (χ2n) is 9.69. The number of Topliss-reactive ketones (excluding diaryl/α,β-unsaturated/α-hetero) is 1. The summed E-state index contributed by atoms with van der Waals surface area (Å²) >= 11 is 0. The number of hydrogen-bond donors (Lipinski definition) is 2. The van der Waals surface area contributed by atoms with Gasteiger partial charge >= 0.3 is 5.97 Å². The third kappa shape index (κ3) is 3.35. The molecule has 1 saturated carbocycles. The van der Waals surface area contributed by atoms with Crippen LogP contribution < -0.4 is 0 Å². The van der Waals surface area contributed by atoms with Crippen LogP contribution in [-0.4, -0.2) is 41.8 Å². The molecule has 0 aromatic heterocycles. The van der Waals surface area contributed by atoms with Gasteiger partial charge in [-0.1, -0.05) is 25.0 Å². The van der Waals surface area contributed by atoms with E-state index in [1.54, 1.807) is 6.92 Å². The fraction of sp³-hybridized carbons (Fsp3) is 0.826. The molecule has 3 aliphatic rings. The average molecular weight is 393 g/mol. The van der Waals surface area contributed by atoms with Crippen LogP contribution in [0.3, 0.4) is 0 Å². The number of ketones is 1. The van der Waals surface area contributed by atoms with E-state index < -0.39 is 6.10 Å². The normalized spacial score (nSPS) is 38.6. The summed E-state index contributed by atoms with van der Waals surface area (Å²) in [6, 6.07) is 0. The number of methoxy groups -OCH3 is 1. The Morgan fingerprint density at radius 2 is 1.93 bits per heavy atom. The summed E-state index contributed by atoms with van der Waals surface area (Å²) in [4.78, 5) is 24.1. The van der Waals surface area contributed by atoms with Crippen LogP contribution in [0.5, 0.6) is 0 Å². The van der Waals surface area contributed by atoms with Crippen molar-refractivity contribution in [1.29, 1.82) is 0 Å². The number of ether oxygens (including phenoxy) is 1. The lowest BCUT2D eigenvalue weighted by atomic mass is 9.52. The summed E-state index contributed by atoms with van der Waals surface area (Å²) in [6.07, 6.45) is 5.82. The molecule has 28 heavy (non-hydrogen) atoms. The molecule has 3 rings (SSSR count). The Bertz CT molecular complexity index is 668. The van der Waals surface area contributed by atoms with Gasteiger partial charge in [0.15, 0.2) is 0 Å². The van der Waals surface area contributed by atoms with Crippen molar-refractivity contribution in [3.05, 3.63) is 11.1 Å². The number of esters is 1. The minimum absolute atomic E-state index is 0.0381. The number of carbonyl (C=O) groups excluding carboxylic acids is 2. The molecule has 0 amide bonds. The van der Waals surface area contributed by atoms with Crippen molar-refractivity contribution in [2.24, 2.45) is 28.6 Å². The third-order valence-corrected chi connectivity index (χ3v) is 8.51. The number of aliphatic hydroxyl groups is 2. The first-order chi connectivity index (χ1) is 13.2. The minimum atomic E-state index is -0.779. The van der Waals surface area contributed by atoms with Crippen molar-refractivity contribution >= 4 is 11.8 Å². The van der Waals surface area contributed by atoms with Gasteiger partial charge in [0.05, 0.1) is 19.8 Å². The van der Waals surface area contributed by atoms with Crippen molar-refractivity contribution in [1.82, 2.24) is 0 Å². The van der Waals surface area contributed by atoms with Crippen LogP contribution in [0.4, 0.5) is 0 Å². The van der Waals surface area contributed by atoms with Gasteiger partial charge in [0.2, 0.25) is 0 Å². The molecule has 0 aromatic carbocycles. The van der Waals surface area contributed by atoms with E-state index in [1.165, 1.54) is 18.3 Å². The topological polar surface area (TPSA) is 83.8 Å². The monoisotopic (exact) mass is 392 g/mol. The molecule has 2 N–H and O–H groups in total. The van der Waals surface area contributed by atoms with Gasteiger partial charge in [-0.2, -0.15) is 0 Å². The van der Waals surface area contributed by atoms with Crippen molar-refractivity contribution < 1.29 is 24.5 Å². The fourth-order valence-corrected chi connectivity index (χ4v) is 6.96. The summed E-state index contributed by atoms with van der Waals surface area (Å²) in [5, 5.41) is 20.2. The molecule has 3 aliphatic carbocycles. The second-order valence-corrected chi connectivity index (χ2v) is 9.69. The van der Waals surface area contributed by atoms with E-state index in [-0.39, 0.29) is 35.2 Å². The number of aliphatic hydroxyl groups excluding tert-OH is 2. The van der Waals surface area contributed by atoms with Gasteiger partial charge in [0, 0.05) is 12.3 Å². The maximum absolute atomic E-state index is 12.3. The van der Waals surface area contributed by atoms with Gasteiger partial charge in [-0.3, -0.25) is 9.59 Å². The van der Waals surface area contributed by atoms with E-state index in [4.69, 9.17) is 4.74 Å². The molecule has 0 bridgehead atoms. The van der Waals surface area contributed by atoms with Crippen LogP contribution in [0.1, 0.15) is 72.1 Å². The Morgan fingerprint density at radius 1 is 1.21 bits per heavy atom. The number of fused-ring (bicyclic) bond motifs is 2. The minimum Gasteiger partial charge on any atom is -0.469 e. The smallest absolute Gasteiger partial charge is 0.305 e. The zero-order chi connectivity index (χ0) is 20.7. The molecule has 5 nitrogen and oxygen atoms in total. The molecule has 0 aromatic rings. The molecular formula is C23H36O5. The molecule has 5 heteroatoms. The van der Waals surface area contributed by atoms with Crippen LogP contribution >= 0.6 is 0 Å². The number of allylic oxidation sites excluding steroid dienone is 2. The average Bonchev–Trinajstić information content (AvgIpc) is 3.03. The molecule has 0 aliphatic heterocycles. The lowest BCUT2D eigenvalue weighted by molar-refractivity contribution is -0.141. The SMILES string of the molecule is COC(=O)CC[C@]1(C)C2=C(CC[C@H]1[C@@H](O)CO)[C@@H]1CC[C@H](C(C)=O)[C@@]1(C)CC2. The molecule has 158 valence electrons. The molecule has 0 saturated heterocycles. The Kier molecular flexibility index (Phi) is 6.07. The van der Waals surface area contributed by atoms with Crippen molar-refractivity contribution in [2.75, 3.05) is 13.7 Å². The largest absolute Gasteiger partial charge is 0.469 e. The van der Waals surface area contributed by atoms with Crippen LogP contribution in [0.15, 0.2) is 11.1 Å². The Labute approximate surface area is 168 Å². The molecule has 0 unspecified atom stereocenters. The fourth-order valence-electron chi connectivity index (χ4n) is 6.96. The molecule has 1 fully saturated rings. The molecule has 0 heterocycles. The van der Waals surface area contributed by atoms with E-state index >= 15 is 0 Å². The highest BCUT2D eigenvalue weighted by molar-refractivity contribution is 5.79. The summed E-state index contributed by atoms with van der Waals surface area (Å²) in [5.74, 6) is 0.593. The number of carbonyl (C=O) groups is 2. The van der Waals surface area contributed by atoms with E-state index in [2.05, 4.69) is 13.8 Å². The van der Waals surface area contributed by atoms with Crippen LogP contribution in [-0.2, 0) is 14.3 Å². The molecule has 6 atom stereocenters. The standard InChI is InChI=1S/C23H36O5/c1-14(25)16-7-8-17-15-5-6-19(20(26)13-24)23(3,12-10-21(27)28-4)18(15)9-11-22(16,17)2/h16-17,19-20,24,26H,5-13H2,1-4H3/t16-,17+,19+,20+,22-,23-/m1/s1.